The normalized spacial score (nSPS) is 12.5. The Kier molecular flexibility index (Phi) is 3.90. The summed E-state index contributed by atoms with van der Waals surface area (Å²) in [5.41, 5.74) is 2.93. The van der Waals surface area contributed by atoms with Crippen LogP contribution in [0.1, 0.15) is 52.7 Å². The monoisotopic (exact) mass is 301 g/mol. The fourth-order valence-corrected chi connectivity index (χ4v) is 2.29. The van der Waals surface area contributed by atoms with Crippen LogP contribution in [-0.2, 0) is 10.8 Å². The van der Waals surface area contributed by atoms with Gasteiger partial charge in [-0.15, -0.1) is 0 Å². The van der Waals surface area contributed by atoms with Crippen molar-refractivity contribution in [2.45, 2.75) is 52.4 Å². The van der Waals surface area contributed by atoms with Crippen molar-refractivity contribution >= 4 is 0 Å². The van der Waals surface area contributed by atoms with Crippen molar-refractivity contribution in [1.29, 1.82) is 0 Å². The molecule has 22 heavy (non-hydrogen) atoms. The molecule has 0 aliphatic rings. The van der Waals surface area contributed by atoms with E-state index in [1.165, 1.54) is 6.20 Å². The molecule has 2 aromatic rings. The second-order valence-corrected chi connectivity index (χ2v) is 7.77. The lowest BCUT2D eigenvalue weighted by molar-refractivity contribution is -0.898. The summed E-state index contributed by atoms with van der Waals surface area (Å²) in [4.78, 5) is 0. The van der Waals surface area contributed by atoms with E-state index < -0.39 is 0 Å². The lowest BCUT2D eigenvalue weighted by Gasteiger charge is -2.19. The largest absolute Gasteiger partial charge is 0.618 e. The number of hydrogen-bond donors (Lipinski definition) is 1. The van der Waals surface area contributed by atoms with Gasteiger partial charge in [-0.2, -0.15) is 4.73 Å². The van der Waals surface area contributed by atoms with E-state index in [0.717, 1.165) is 20.6 Å². The maximum absolute atomic E-state index is 12.2. The third kappa shape index (κ3) is 3.21. The van der Waals surface area contributed by atoms with Gasteiger partial charge < -0.3 is 5.21 Å². The van der Waals surface area contributed by atoms with Crippen molar-refractivity contribution in [2.75, 3.05) is 0 Å². The Morgan fingerprint density at radius 1 is 0.818 bits per heavy atom. The van der Waals surface area contributed by atoms with Gasteiger partial charge in [0.1, 0.15) is 0 Å². The van der Waals surface area contributed by atoms with Gasteiger partial charge in [-0.1, -0.05) is 41.5 Å². The molecule has 0 unspecified atom stereocenters. The summed E-state index contributed by atoms with van der Waals surface area (Å²) >= 11 is 0. The molecule has 4 nitrogen and oxygen atoms in total. The molecule has 0 saturated carbocycles. The van der Waals surface area contributed by atoms with Crippen LogP contribution < -0.4 is 9.46 Å². The minimum absolute atomic E-state index is 0.0572. The average molecular weight is 301 g/mol. The molecule has 2 heterocycles. The van der Waals surface area contributed by atoms with Crippen molar-refractivity contribution in [3.63, 3.8) is 0 Å². The van der Waals surface area contributed by atoms with Gasteiger partial charge in [0.2, 0.25) is 6.20 Å². The first-order valence-corrected chi connectivity index (χ1v) is 7.49. The van der Waals surface area contributed by atoms with Crippen LogP contribution in [0.2, 0.25) is 0 Å². The summed E-state index contributed by atoms with van der Waals surface area (Å²) in [5.74, 6) is 0. The van der Waals surface area contributed by atoms with Gasteiger partial charge in [0.25, 0.3) is 5.69 Å². The van der Waals surface area contributed by atoms with Crippen molar-refractivity contribution in [1.82, 2.24) is 0 Å². The second kappa shape index (κ2) is 5.27. The first kappa shape index (κ1) is 16.3. The maximum atomic E-state index is 12.2. The van der Waals surface area contributed by atoms with Gasteiger partial charge in [-0.05, 0) is 22.0 Å². The molecule has 2 rings (SSSR count). The quantitative estimate of drug-likeness (QED) is 0.500. The Morgan fingerprint density at radius 3 is 1.77 bits per heavy atom. The SMILES string of the molecule is CC(C)(C)c1cc[n+]([O-])c(-c2cc(C(C)(C)C)cc[n+]2O)c1. The van der Waals surface area contributed by atoms with Gasteiger partial charge in [0.05, 0.1) is 0 Å². The minimum Gasteiger partial charge on any atom is -0.618 e. The van der Waals surface area contributed by atoms with Crippen LogP contribution in [0.4, 0.5) is 0 Å². The van der Waals surface area contributed by atoms with E-state index in [4.69, 9.17) is 0 Å². The van der Waals surface area contributed by atoms with E-state index in [1.807, 2.05) is 24.3 Å². The average Bonchev–Trinajstić information content (AvgIpc) is 2.37. The molecule has 0 amide bonds. The van der Waals surface area contributed by atoms with E-state index in [1.54, 1.807) is 6.20 Å². The number of nitrogens with zero attached hydrogens (tertiary/aromatic N) is 2. The molecule has 0 spiro atoms. The Labute approximate surface area is 132 Å². The predicted octanol–water partition coefficient (Wildman–Crippen LogP) is 3.11. The van der Waals surface area contributed by atoms with E-state index >= 15 is 0 Å². The summed E-state index contributed by atoms with van der Waals surface area (Å²) in [6, 6.07) is 7.41. The predicted molar refractivity (Wildman–Crippen MR) is 85.6 cm³/mol. The van der Waals surface area contributed by atoms with Gasteiger partial charge in [0, 0.05) is 29.0 Å². The number of aromatic nitrogens is 2. The molecular weight excluding hydrogens is 276 g/mol. The number of pyridine rings is 2. The highest BCUT2D eigenvalue weighted by atomic mass is 16.5. The molecular formula is C18H25N2O2+. The summed E-state index contributed by atoms with van der Waals surface area (Å²) < 4.78 is 1.80. The second-order valence-electron chi connectivity index (χ2n) is 7.77. The zero-order valence-electron chi connectivity index (χ0n) is 14.2. The van der Waals surface area contributed by atoms with Crippen molar-refractivity contribution in [3.05, 3.63) is 53.0 Å². The molecule has 0 bridgehead atoms. The highest BCUT2D eigenvalue weighted by Crippen LogP contribution is 2.27. The molecule has 0 aromatic carbocycles. The first-order valence-electron chi connectivity index (χ1n) is 7.49. The molecule has 2 aromatic heterocycles. The van der Waals surface area contributed by atoms with Crippen LogP contribution >= 0.6 is 0 Å². The van der Waals surface area contributed by atoms with E-state index in [-0.39, 0.29) is 10.8 Å². The fraction of sp³-hybridized carbons (Fsp3) is 0.444. The van der Waals surface area contributed by atoms with Gasteiger partial charge in [0.15, 0.2) is 6.20 Å². The molecule has 0 fully saturated rings. The molecule has 0 radical (unpaired) electrons. The summed E-state index contributed by atoms with van der Waals surface area (Å²) in [5, 5.41) is 22.3. The minimum atomic E-state index is -0.0646. The lowest BCUT2D eigenvalue weighted by Crippen LogP contribution is -2.39. The zero-order chi connectivity index (χ0) is 16.7. The van der Waals surface area contributed by atoms with Crippen LogP contribution in [0.3, 0.4) is 0 Å². The highest BCUT2D eigenvalue weighted by molar-refractivity contribution is 5.50. The molecule has 4 heteroatoms. The summed E-state index contributed by atoms with van der Waals surface area (Å²) in [6.07, 6.45) is 3.08. The van der Waals surface area contributed by atoms with Crippen LogP contribution in [0.15, 0.2) is 36.7 Å². The lowest BCUT2D eigenvalue weighted by atomic mass is 9.86. The highest BCUT2D eigenvalue weighted by Gasteiger charge is 2.27. The first-order chi connectivity index (χ1) is 10.00. The molecule has 0 saturated heterocycles. The maximum Gasteiger partial charge on any atom is 0.329 e. The van der Waals surface area contributed by atoms with Gasteiger partial charge in [-0.3, -0.25) is 5.21 Å². The van der Waals surface area contributed by atoms with Crippen molar-refractivity contribution < 1.29 is 14.7 Å². The summed E-state index contributed by atoms with van der Waals surface area (Å²) in [7, 11) is 0. The van der Waals surface area contributed by atoms with Gasteiger partial charge >= 0.3 is 5.69 Å². The van der Waals surface area contributed by atoms with Crippen LogP contribution in [0.5, 0.6) is 0 Å². The molecule has 0 atom stereocenters. The van der Waals surface area contributed by atoms with Crippen LogP contribution in [0.25, 0.3) is 11.4 Å². The number of rotatable bonds is 1. The van der Waals surface area contributed by atoms with E-state index in [9.17, 15) is 10.4 Å². The van der Waals surface area contributed by atoms with E-state index in [2.05, 4.69) is 41.5 Å². The molecule has 118 valence electrons. The van der Waals surface area contributed by atoms with Crippen molar-refractivity contribution in [3.8, 4) is 11.4 Å². The third-order valence-electron chi connectivity index (χ3n) is 3.85. The zero-order valence-corrected chi connectivity index (χ0v) is 14.2. The molecule has 0 aliphatic heterocycles. The Balaban J connectivity index is 2.66. The van der Waals surface area contributed by atoms with E-state index in [0.29, 0.717) is 11.4 Å². The standard InChI is InChI=1S/C18H25N2O2/c1-17(2,3)13-7-9-19(21)15(11-13)16-12-14(18(4,5)6)8-10-20(16)22/h7-12,21H,1-6H3/q+1. The summed E-state index contributed by atoms with van der Waals surface area (Å²) in [6.45, 7) is 12.6. The molecule has 1 N–H and O–H groups in total. The topological polar surface area (TPSA) is 51.0 Å². The Hall–Kier alpha value is -2.10. The van der Waals surface area contributed by atoms with Crippen LogP contribution in [-0.4, -0.2) is 5.21 Å². The molecule has 0 aliphatic carbocycles. The Bertz CT molecular complexity index is 634. The van der Waals surface area contributed by atoms with Crippen molar-refractivity contribution in [2.24, 2.45) is 0 Å². The Morgan fingerprint density at radius 2 is 1.27 bits per heavy atom. The number of hydrogen-bond acceptors (Lipinski definition) is 2. The van der Waals surface area contributed by atoms with Crippen LogP contribution in [0, 0.1) is 5.21 Å². The fourth-order valence-electron chi connectivity index (χ4n) is 2.29. The van der Waals surface area contributed by atoms with Gasteiger partial charge in [-0.25, -0.2) is 0 Å². The smallest absolute Gasteiger partial charge is 0.329 e. The third-order valence-corrected chi connectivity index (χ3v) is 3.85.